The lowest BCUT2D eigenvalue weighted by Gasteiger charge is -2.34. The molecule has 1 aliphatic carbocycles. The molecule has 0 bridgehead atoms. The molecule has 1 heteroatoms. The van der Waals surface area contributed by atoms with Crippen molar-refractivity contribution in [1.29, 1.82) is 0 Å². The number of hydrogen-bond acceptors (Lipinski definition) is 1. The molecule has 0 aromatic heterocycles. The first-order valence-electron chi connectivity index (χ1n) is 6.90. The van der Waals surface area contributed by atoms with Gasteiger partial charge < -0.3 is 5.73 Å². The monoisotopic (exact) mass is 231 g/mol. The van der Waals surface area contributed by atoms with Crippen molar-refractivity contribution in [1.82, 2.24) is 0 Å². The molecule has 1 fully saturated rings. The van der Waals surface area contributed by atoms with Crippen molar-refractivity contribution < 1.29 is 0 Å². The SMILES string of the molecule is CC1(C)CCC(c2cccc(CCN)c2)CC1. The first-order chi connectivity index (χ1) is 8.11. The van der Waals surface area contributed by atoms with E-state index < -0.39 is 0 Å². The molecule has 94 valence electrons. The van der Waals surface area contributed by atoms with Crippen LogP contribution in [0.25, 0.3) is 0 Å². The summed E-state index contributed by atoms with van der Waals surface area (Å²) in [5.74, 6) is 0.778. The van der Waals surface area contributed by atoms with Crippen molar-refractivity contribution in [3.8, 4) is 0 Å². The highest BCUT2D eigenvalue weighted by atomic mass is 14.5. The summed E-state index contributed by atoms with van der Waals surface area (Å²) in [6, 6.07) is 9.06. The molecule has 0 spiro atoms. The second-order valence-corrected chi connectivity index (χ2v) is 6.22. The molecule has 1 aliphatic rings. The fraction of sp³-hybridized carbons (Fsp3) is 0.625. The third-order valence-corrected chi connectivity index (χ3v) is 4.19. The summed E-state index contributed by atoms with van der Waals surface area (Å²) in [6.07, 6.45) is 6.42. The van der Waals surface area contributed by atoms with Gasteiger partial charge in [-0.25, -0.2) is 0 Å². The molecule has 0 unspecified atom stereocenters. The van der Waals surface area contributed by atoms with E-state index >= 15 is 0 Å². The molecule has 1 saturated carbocycles. The topological polar surface area (TPSA) is 26.0 Å². The van der Waals surface area contributed by atoms with Crippen LogP contribution in [-0.2, 0) is 6.42 Å². The fourth-order valence-corrected chi connectivity index (χ4v) is 2.90. The summed E-state index contributed by atoms with van der Waals surface area (Å²) < 4.78 is 0. The van der Waals surface area contributed by atoms with E-state index in [0.29, 0.717) is 5.41 Å². The van der Waals surface area contributed by atoms with Gasteiger partial charge in [-0.2, -0.15) is 0 Å². The van der Waals surface area contributed by atoms with Crippen molar-refractivity contribution in [2.24, 2.45) is 11.1 Å². The summed E-state index contributed by atoms with van der Waals surface area (Å²) in [7, 11) is 0. The van der Waals surface area contributed by atoms with Gasteiger partial charge in [0.1, 0.15) is 0 Å². The molecule has 0 atom stereocenters. The van der Waals surface area contributed by atoms with Gasteiger partial charge in [-0.05, 0) is 61.1 Å². The summed E-state index contributed by atoms with van der Waals surface area (Å²) in [5.41, 5.74) is 9.12. The molecular weight excluding hydrogens is 206 g/mol. The van der Waals surface area contributed by atoms with Gasteiger partial charge >= 0.3 is 0 Å². The lowest BCUT2D eigenvalue weighted by Crippen LogP contribution is -2.20. The molecule has 0 heterocycles. The normalized spacial score (nSPS) is 20.4. The number of rotatable bonds is 3. The minimum absolute atomic E-state index is 0.561. The van der Waals surface area contributed by atoms with Crippen LogP contribution in [0.3, 0.4) is 0 Å². The van der Waals surface area contributed by atoms with Gasteiger partial charge in [-0.3, -0.25) is 0 Å². The third kappa shape index (κ3) is 3.32. The Morgan fingerprint density at radius 3 is 2.59 bits per heavy atom. The molecule has 17 heavy (non-hydrogen) atoms. The predicted octanol–water partition coefficient (Wildman–Crippen LogP) is 3.87. The Hall–Kier alpha value is -0.820. The average molecular weight is 231 g/mol. The standard InChI is InChI=1S/C16H25N/c1-16(2)9-6-14(7-10-16)15-5-3-4-13(12-15)8-11-17/h3-5,12,14H,6-11,17H2,1-2H3. The number of nitrogens with two attached hydrogens (primary N) is 1. The average Bonchev–Trinajstić information content (AvgIpc) is 2.30. The molecule has 0 amide bonds. The minimum Gasteiger partial charge on any atom is -0.330 e. The van der Waals surface area contributed by atoms with Crippen LogP contribution in [0.1, 0.15) is 56.6 Å². The summed E-state index contributed by atoms with van der Waals surface area (Å²) in [5, 5.41) is 0. The first-order valence-corrected chi connectivity index (χ1v) is 6.90. The zero-order valence-corrected chi connectivity index (χ0v) is 11.2. The van der Waals surface area contributed by atoms with Crippen LogP contribution >= 0.6 is 0 Å². The van der Waals surface area contributed by atoms with E-state index in [1.807, 2.05) is 0 Å². The summed E-state index contributed by atoms with van der Waals surface area (Å²) >= 11 is 0. The van der Waals surface area contributed by atoms with E-state index in [-0.39, 0.29) is 0 Å². The van der Waals surface area contributed by atoms with Crippen LogP contribution in [0.15, 0.2) is 24.3 Å². The van der Waals surface area contributed by atoms with E-state index in [1.54, 1.807) is 0 Å². The van der Waals surface area contributed by atoms with Gasteiger partial charge in [-0.15, -0.1) is 0 Å². The predicted molar refractivity (Wildman–Crippen MR) is 74.2 cm³/mol. The van der Waals surface area contributed by atoms with Crippen molar-refractivity contribution in [2.45, 2.75) is 51.9 Å². The molecule has 0 aliphatic heterocycles. The quantitative estimate of drug-likeness (QED) is 0.839. The largest absolute Gasteiger partial charge is 0.330 e. The Kier molecular flexibility index (Phi) is 3.88. The summed E-state index contributed by atoms with van der Waals surface area (Å²) in [4.78, 5) is 0. The molecule has 2 rings (SSSR count). The number of benzene rings is 1. The van der Waals surface area contributed by atoms with Crippen molar-refractivity contribution in [2.75, 3.05) is 6.54 Å². The highest BCUT2D eigenvalue weighted by Crippen LogP contribution is 2.42. The zero-order valence-electron chi connectivity index (χ0n) is 11.2. The first kappa shape index (κ1) is 12.6. The molecule has 1 aromatic carbocycles. The third-order valence-electron chi connectivity index (χ3n) is 4.19. The molecule has 1 nitrogen and oxygen atoms in total. The second-order valence-electron chi connectivity index (χ2n) is 6.22. The van der Waals surface area contributed by atoms with Crippen molar-refractivity contribution >= 4 is 0 Å². The van der Waals surface area contributed by atoms with Gasteiger partial charge in [0.25, 0.3) is 0 Å². The van der Waals surface area contributed by atoms with Gasteiger partial charge in [-0.1, -0.05) is 38.1 Å². The van der Waals surface area contributed by atoms with E-state index in [9.17, 15) is 0 Å². The highest BCUT2D eigenvalue weighted by Gasteiger charge is 2.27. The second kappa shape index (κ2) is 5.22. The van der Waals surface area contributed by atoms with Gasteiger partial charge in [0, 0.05) is 0 Å². The van der Waals surface area contributed by atoms with Crippen molar-refractivity contribution in [3.05, 3.63) is 35.4 Å². The Balaban J connectivity index is 2.05. The smallest absolute Gasteiger partial charge is 0.00367 e. The van der Waals surface area contributed by atoms with E-state index in [4.69, 9.17) is 5.73 Å². The van der Waals surface area contributed by atoms with Crippen molar-refractivity contribution in [3.63, 3.8) is 0 Å². The highest BCUT2D eigenvalue weighted by molar-refractivity contribution is 5.27. The maximum Gasteiger partial charge on any atom is -0.00367 e. The van der Waals surface area contributed by atoms with Crippen LogP contribution in [0.2, 0.25) is 0 Å². The van der Waals surface area contributed by atoms with Gasteiger partial charge in [0.15, 0.2) is 0 Å². The van der Waals surface area contributed by atoms with E-state index in [2.05, 4.69) is 38.1 Å². The zero-order chi connectivity index (χ0) is 12.3. The van der Waals surface area contributed by atoms with E-state index in [1.165, 1.54) is 36.8 Å². The Morgan fingerprint density at radius 1 is 1.24 bits per heavy atom. The molecule has 2 N–H and O–H groups in total. The maximum absolute atomic E-state index is 5.62. The molecule has 0 saturated heterocycles. The van der Waals surface area contributed by atoms with Crippen LogP contribution in [0.4, 0.5) is 0 Å². The Bertz CT molecular complexity index is 358. The van der Waals surface area contributed by atoms with Crippen LogP contribution < -0.4 is 5.73 Å². The Labute approximate surface area is 105 Å². The maximum atomic E-state index is 5.62. The fourth-order valence-electron chi connectivity index (χ4n) is 2.90. The van der Waals surface area contributed by atoms with Crippen LogP contribution in [0.5, 0.6) is 0 Å². The summed E-state index contributed by atoms with van der Waals surface area (Å²) in [6.45, 7) is 5.54. The molecular formula is C16H25N. The minimum atomic E-state index is 0.561. The molecule has 0 radical (unpaired) electrons. The van der Waals surface area contributed by atoms with Crippen LogP contribution in [0, 0.1) is 5.41 Å². The van der Waals surface area contributed by atoms with Crippen LogP contribution in [-0.4, -0.2) is 6.54 Å². The number of hydrogen-bond donors (Lipinski definition) is 1. The van der Waals surface area contributed by atoms with Gasteiger partial charge in [0.2, 0.25) is 0 Å². The lowest BCUT2D eigenvalue weighted by atomic mass is 9.71. The Morgan fingerprint density at radius 2 is 1.94 bits per heavy atom. The van der Waals surface area contributed by atoms with Gasteiger partial charge in [0.05, 0.1) is 0 Å². The van der Waals surface area contributed by atoms with E-state index in [0.717, 1.165) is 18.9 Å². The lowest BCUT2D eigenvalue weighted by molar-refractivity contribution is 0.224. The molecule has 1 aromatic rings.